The van der Waals surface area contributed by atoms with E-state index >= 15 is 0 Å². The van der Waals surface area contributed by atoms with Gasteiger partial charge >= 0.3 is 0 Å². The van der Waals surface area contributed by atoms with Gasteiger partial charge in [0.15, 0.2) is 5.58 Å². The molecule has 29 heavy (non-hydrogen) atoms. The highest BCUT2D eigenvalue weighted by atomic mass is 16.4. The van der Waals surface area contributed by atoms with Gasteiger partial charge in [0.25, 0.3) is 6.01 Å². The Hall–Kier alpha value is -3.94. The molecule has 1 saturated heterocycles. The van der Waals surface area contributed by atoms with Crippen LogP contribution in [-0.2, 0) is 0 Å². The van der Waals surface area contributed by atoms with Gasteiger partial charge in [-0.05, 0) is 35.4 Å². The number of hydrogen-bond acceptors (Lipinski definition) is 7. The van der Waals surface area contributed by atoms with Crippen molar-refractivity contribution < 1.29 is 4.42 Å². The summed E-state index contributed by atoms with van der Waals surface area (Å²) in [5.41, 5.74) is 10.9. The van der Waals surface area contributed by atoms with Gasteiger partial charge in [-0.15, -0.1) is 0 Å². The Labute approximate surface area is 165 Å². The maximum Gasteiger partial charge on any atom is 0.292 e. The van der Waals surface area contributed by atoms with Crippen LogP contribution < -0.4 is 10.6 Å². The summed E-state index contributed by atoms with van der Waals surface area (Å²) >= 11 is 0. The summed E-state index contributed by atoms with van der Waals surface area (Å²) in [6.45, 7) is 1.81. The second-order valence-electron chi connectivity index (χ2n) is 7.24. The van der Waals surface area contributed by atoms with Crippen LogP contribution in [0, 0.1) is 0 Å². The van der Waals surface area contributed by atoms with Crippen molar-refractivity contribution in [3.63, 3.8) is 0 Å². The van der Waals surface area contributed by atoms with E-state index in [4.69, 9.17) is 15.1 Å². The summed E-state index contributed by atoms with van der Waals surface area (Å²) in [5, 5.41) is 0. The number of imidazole rings is 1. The predicted octanol–water partition coefficient (Wildman–Crippen LogP) is 3.28. The molecule has 0 aliphatic carbocycles. The summed E-state index contributed by atoms with van der Waals surface area (Å²) in [4.78, 5) is 20.0. The summed E-state index contributed by atoms with van der Waals surface area (Å²) in [6, 6.07) is 12.6. The fourth-order valence-electron chi connectivity index (χ4n) is 3.77. The highest BCUT2D eigenvalue weighted by Gasteiger charge is 2.29. The molecule has 142 valence electrons. The molecule has 1 aliphatic rings. The second kappa shape index (κ2) is 6.03. The summed E-state index contributed by atoms with van der Waals surface area (Å²) < 4.78 is 7.49. The quantitative estimate of drug-likeness (QED) is 0.510. The molecule has 0 radical (unpaired) electrons. The largest absolute Gasteiger partial charge is 0.424 e. The average Bonchev–Trinajstić information content (AvgIpc) is 3.34. The first kappa shape index (κ1) is 16.1. The fourth-order valence-corrected chi connectivity index (χ4v) is 3.77. The van der Waals surface area contributed by atoms with Crippen molar-refractivity contribution in [3.8, 4) is 11.1 Å². The minimum atomic E-state index is 0.176. The number of oxazole rings is 1. The van der Waals surface area contributed by atoms with E-state index in [1.807, 2.05) is 55.2 Å². The van der Waals surface area contributed by atoms with Gasteiger partial charge in [0.2, 0.25) is 0 Å². The van der Waals surface area contributed by atoms with Crippen molar-refractivity contribution in [2.45, 2.75) is 6.04 Å². The Bertz CT molecular complexity index is 1340. The van der Waals surface area contributed by atoms with Crippen LogP contribution in [0.5, 0.6) is 0 Å². The smallest absolute Gasteiger partial charge is 0.292 e. The third-order valence-electron chi connectivity index (χ3n) is 5.40. The molecule has 8 heteroatoms. The van der Waals surface area contributed by atoms with Crippen LogP contribution in [-0.4, -0.2) is 37.6 Å². The Kier molecular flexibility index (Phi) is 3.34. The fraction of sp³-hybridized carbons (Fsp3) is 0.143. The first-order chi connectivity index (χ1) is 14.2. The van der Waals surface area contributed by atoms with Gasteiger partial charge in [-0.2, -0.15) is 4.98 Å². The summed E-state index contributed by atoms with van der Waals surface area (Å²) in [7, 11) is 0. The maximum absolute atomic E-state index is 5.65. The Morgan fingerprint density at radius 3 is 2.62 bits per heavy atom. The molecular formula is C21H17N7O. The van der Waals surface area contributed by atoms with Gasteiger partial charge in [0.1, 0.15) is 11.3 Å². The summed E-state index contributed by atoms with van der Waals surface area (Å²) in [5.74, 6) is 0.894. The van der Waals surface area contributed by atoms with Gasteiger partial charge < -0.3 is 19.6 Å². The zero-order valence-corrected chi connectivity index (χ0v) is 15.4. The van der Waals surface area contributed by atoms with Crippen molar-refractivity contribution >= 4 is 34.0 Å². The molecule has 0 spiro atoms. The number of nitrogens with zero attached hydrogens (tertiary/aromatic N) is 6. The molecule has 8 nitrogen and oxygen atoms in total. The Morgan fingerprint density at radius 2 is 1.79 bits per heavy atom. The first-order valence-corrected chi connectivity index (χ1v) is 9.38. The molecule has 2 aromatic carbocycles. The SMILES string of the molecule is Nc1nc2cc(-c3ccc4ncc(N5CC(n6ccnc6)C5)nc4c3)ccc2o1. The standard InChI is InChI=1S/C21H17N7O/c22-21-26-18-8-14(2-4-19(18)29-21)13-1-3-16-17(7-13)25-20(9-24-16)28-10-15(11-28)27-6-5-23-12-27/h1-9,12,15H,10-11H2,(H2,22,26). The molecule has 4 heterocycles. The van der Waals surface area contributed by atoms with Crippen molar-refractivity contribution in [2.75, 3.05) is 23.7 Å². The highest BCUT2D eigenvalue weighted by Crippen LogP contribution is 2.30. The van der Waals surface area contributed by atoms with Crippen LogP contribution >= 0.6 is 0 Å². The predicted molar refractivity (Wildman–Crippen MR) is 110 cm³/mol. The van der Waals surface area contributed by atoms with E-state index in [0.29, 0.717) is 11.6 Å². The molecule has 5 aromatic rings. The van der Waals surface area contributed by atoms with Crippen molar-refractivity contribution in [1.82, 2.24) is 24.5 Å². The maximum atomic E-state index is 5.65. The Morgan fingerprint density at radius 1 is 0.966 bits per heavy atom. The molecule has 6 rings (SSSR count). The molecule has 0 unspecified atom stereocenters. The highest BCUT2D eigenvalue weighted by molar-refractivity contribution is 5.86. The number of benzene rings is 2. The zero-order chi connectivity index (χ0) is 19.4. The monoisotopic (exact) mass is 383 g/mol. The van der Waals surface area contributed by atoms with Crippen molar-refractivity contribution in [1.29, 1.82) is 0 Å². The van der Waals surface area contributed by atoms with Crippen LogP contribution in [0.1, 0.15) is 6.04 Å². The number of nitrogen functional groups attached to an aromatic ring is 1. The normalized spacial score (nSPS) is 14.6. The van der Waals surface area contributed by atoms with E-state index in [2.05, 4.69) is 30.5 Å². The lowest BCUT2D eigenvalue weighted by molar-refractivity contribution is 0.397. The third kappa shape index (κ3) is 2.68. The van der Waals surface area contributed by atoms with E-state index in [9.17, 15) is 0 Å². The topological polar surface area (TPSA) is 98.9 Å². The van der Waals surface area contributed by atoms with E-state index in [1.54, 1.807) is 0 Å². The molecule has 1 aliphatic heterocycles. The van der Waals surface area contributed by atoms with E-state index in [0.717, 1.165) is 46.6 Å². The number of fused-ring (bicyclic) bond motifs is 2. The van der Waals surface area contributed by atoms with Crippen molar-refractivity contribution in [3.05, 3.63) is 61.3 Å². The average molecular weight is 383 g/mol. The van der Waals surface area contributed by atoms with E-state index in [-0.39, 0.29) is 6.01 Å². The van der Waals surface area contributed by atoms with Gasteiger partial charge in [-0.1, -0.05) is 12.1 Å². The van der Waals surface area contributed by atoms with Crippen LogP contribution in [0.15, 0.2) is 65.7 Å². The number of hydrogen-bond donors (Lipinski definition) is 1. The minimum Gasteiger partial charge on any atom is -0.424 e. The molecule has 0 atom stereocenters. The van der Waals surface area contributed by atoms with Gasteiger partial charge in [-0.3, -0.25) is 4.98 Å². The molecule has 3 aromatic heterocycles. The number of anilines is 2. The minimum absolute atomic E-state index is 0.176. The molecule has 2 N–H and O–H groups in total. The lowest BCUT2D eigenvalue weighted by Gasteiger charge is -2.40. The van der Waals surface area contributed by atoms with Gasteiger partial charge in [0.05, 0.1) is 29.6 Å². The molecule has 0 bridgehead atoms. The zero-order valence-electron chi connectivity index (χ0n) is 15.4. The van der Waals surface area contributed by atoms with E-state index < -0.39 is 0 Å². The number of nitrogens with two attached hydrogens (primary N) is 1. The number of rotatable bonds is 3. The summed E-state index contributed by atoms with van der Waals surface area (Å²) in [6.07, 6.45) is 7.51. The third-order valence-corrected chi connectivity index (χ3v) is 5.40. The van der Waals surface area contributed by atoms with Crippen LogP contribution in [0.25, 0.3) is 33.3 Å². The molecular weight excluding hydrogens is 366 g/mol. The molecule has 1 fully saturated rings. The van der Waals surface area contributed by atoms with Gasteiger partial charge in [0, 0.05) is 25.5 Å². The lowest BCUT2D eigenvalue weighted by atomic mass is 10.0. The lowest BCUT2D eigenvalue weighted by Crippen LogP contribution is -2.47. The first-order valence-electron chi connectivity index (χ1n) is 9.38. The van der Waals surface area contributed by atoms with Crippen LogP contribution in [0.3, 0.4) is 0 Å². The van der Waals surface area contributed by atoms with Crippen molar-refractivity contribution in [2.24, 2.45) is 0 Å². The number of aromatic nitrogens is 5. The molecule has 0 amide bonds. The van der Waals surface area contributed by atoms with Crippen LogP contribution in [0.4, 0.5) is 11.8 Å². The second-order valence-corrected chi connectivity index (χ2v) is 7.24. The van der Waals surface area contributed by atoms with E-state index in [1.165, 1.54) is 0 Å². The van der Waals surface area contributed by atoms with Crippen LogP contribution in [0.2, 0.25) is 0 Å². The van der Waals surface area contributed by atoms with Gasteiger partial charge in [-0.25, -0.2) is 9.97 Å². The molecule has 0 saturated carbocycles. The Balaban J connectivity index is 1.32.